The number of fused-ring (bicyclic) bond motifs is 2. The van der Waals surface area contributed by atoms with Crippen LogP contribution in [0.1, 0.15) is 43.6 Å². The maximum Gasteiger partial charge on any atom is 0.150 e. The molecule has 1 aromatic rings. The summed E-state index contributed by atoms with van der Waals surface area (Å²) in [6.07, 6.45) is 6.61. The highest BCUT2D eigenvalue weighted by Crippen LogP contribution is 2.35. The van der Waals surface area contributed by atoms with E-state index in [1.165, 1.54) is 32.1 Å². The van der Waals surface area contributed by atoms with Crippen LogP contribution in [0.25, 0.3) is 0 Å². The average molecular weight is 249 g/mol. The molecule has 0 saturated carbocycles. The van der Waals surface area contributed by atoms with Crippen LogP contribution in [-0.4, -0.2) is 35.2 Å². The number of aryl methyl sites for hydroxylation is 1. The van der Waals surface area contributed by atoms with E-state index in [2.05, 4.69) is 28.5 Å². The lowest BCUT2D eigenvalue weighted by Gasteiger charge is -2.48. The molecule has 2 unspecified atom stereocenters. The van der Waals surface area contributed by atoms with Gasteiger partial charge in [-0.25, -0.2) is 0 Å². The van der Waals surface area contributed by atoms with E-state index in [0.29, 0.717) is 6.04 Å². The number of nitrogens with one attached hydrogen (secondary N) is 1. The second-order valence-corrected chi connectivity index (χ2v) is 5.80. The van der Waals surface area contributed by atoms with Crippen molar-refractivity contribution in [2.75, 3.05) is 7.05 Å². The molecule has 3 heterocycles. The Hall–Kier alpha value is -0.870. The van der Waals surface area contributed by atoms with Crippen molar-refractivity contribution in [1.82, 2.24) is 15.4 Å². The van der Waals surface area contributed by atoms with Gasteiger partial charge in [0.1, 0.15) is 0 Å². The molecular weight excluding hydrogens is 226 g/mol. The Morgan fingerprint density at radius 1 is 1.39 bits per heavy atom. The van der Waals surface area contributed by atoms with Gasteiger partial charge in [0.25, 0.3) is 0 Å². The van der Waals surface area contributed by atoms with Crippen molar-refractivity contribution < 1.29 is 4.52 Å². The van der Waals surface area contributed by atoms with Gasteiger partial charge in [0.15, 0.2) is 5.76 Å². The molecule has 2 fully saturated rings. The Morgan fingerprint density at radius 3 is 2.67 bits per heavy atom. The number of hydrogen-bond donors (Lipinski definition) is 1. The summed E-state index contributed by atoms with van der Waals surface area (Å²) in [6, 6.07) is 4.22. The molecule has 2 aliphatic rings. The van der Waals surface area contributed by atoms with Gasteiger partial charge in [-0.1, -0.05) is 11.6 Å². The van der Waals surface area contributed by atoms with Gasteiger partial charge in [-0.05, 0) is 39.7 Å². The molecule has 2 aliphatic heterocycles. The van der Waals surface area contributed by atoms with Crippen molar-refractivity contribution >= 4 is 0 Å². The fourth-order valence-corrected chi connectivity index (χ4v) is 3.64. The van der Waals surface area contributed by atoms with E-state index in [9.17, 15) is 0 Å². The van der Waals surface area contributed by atoms with Crippen LogP contribution in [0.4, 0.5) is 0 Å². The smallest absolute Gasteiger partial charge is 0.150 e. The number of hydrogen-bond acceptors (Lipinski definition) is 4. The summed E-state index contributed by atoms with van der Waals surface area (Å²) in [5.41, 5.74) is 0.986. The molecule has 0 spiro atoms. The van der Waals surface area contributed by atoms with Gasteiger partial charge in [-0.3, -0.25) is 4.90 Å². The number of aromatic nitrogens is 1. The van der Waals surface area contributed by atoms with E-state index in [4.69, 9.17) is 4.52 Å². The van der Waals surface area contributed by atoms with Crippen molar-refractivity contribution in [3.8, 4) is 0 Å². The van der Waals surface area contributed by atoms with Crippen molar-refractivity contribution in [2.24, 2.45) is 0 Å². The van der Waals surface area contributed by atoms with E-state index < -0.39 is 0 Å². The minimum absolute atomic E-state index is 0.702. The van der Waals surface area contributed by atoms with Crippen molar-refractivity contribution in [3.63, 3.8) is 0 Å². The predicted molar refractivity (Wildman–Crippen MR) is 70.3 cm³/mol. The fourth-order valence-electron chi connectivity index (χ4n) is 3.64. The molecule has 4 nitrogen and oxygen atoms in total. The molecule has 2 saturated heterocycles. The van der Waals surface area contributed by atoms with Crippen molar-refractivity contribution in [3.05, 3.63) is 17.5 Å². The van der Waals surface area contributed by atoms with Crippen molar-refractivity contribution in [1.29, 1.82) is 0 Å². The van der Waals surface area contributed by atoms with Crippen LogP contribution in [0.5, 0.6) is 0 Å². The van der Waals surface area contributed by atoms with Crippen LogP contribution >= 0.6 is 0 Å². The monoisotopic (exact) mass is 249 g/mol. The van der Waals surface area contributed by atoms with E-state index >= 15 is 0 Å². The van der Waals surface area contributed by atoms with Gasteiger partial charge in [-0.15, -0.1) is 0 Å². The quantitative estimate of drug-likeness (QED) is 0.890. The second-order valence-electron chi connectivity index (χ2n) is 5.80. The summed E-state index contributed by atoms with van der Waals surface area (Å²) in [5, 5.41) is 7.45. The summed E-state index contributed by atoms with van der Waals surface area (Å²) in [5.74, 6) is 1.02. The zero-order valence-corrected chi connectivity index (χ0v) is 11.4. The Morgan fingerprint density at radius 2 is 2.11 bits per heavy atom. The predicted octanol–water partition coefficient (Wildman–Crippen LogP) is 2.09. The maximum absolute atomic E-state index is 5.38. The third-order valence-electron chi connectivity index (χ3n) is 4.55. The van der Waals surface area contributed by atoms with Crippen LogP contribution in [0.15, 0.2) is 10.6 Å². The lowest BCUT2D eigenvalue weighted by atomic mass is 9.81. The summed E-state index contributed by atoms with van der Waals surface area (Å²) >= 11 is 0. The van der Waals surface area contributed by atoms with Gasteiger partial charge in [0, 0.05) is 24.2 Å². The van der Waals surface area contributed by atoms with Crippen LogP contribution in [0.2, 0.25) is 0 Å². The Kier molecular flexibility index (Phi) is 3.39. The summed E-state index contributed by atoms with van der Waals surface area (Å²) < 4.78 is 5.38. The van der Waals surface area contributed by atoms with Gasteiger partial charge in [0.05, 0.1) is 12.2 Å². The molecule has 18 heavy (non-hydrogen) atoms. The first-order valence-electron chi connectivity index (χ1n) is 7.11. The van der Waals surface area contributed by atoms with Gasteiger partial charge in [0.2, 0.25) is 0 Å². The summed E-state index contributed by atoms with van der Waals surface area (Å²) in [4.78, 5) is 2.65. The molecule has 4 heteroatoms. The highest BCUT2D eigenvalue weighted by Gasteiger charge is 2.37. The van der Waals surface area contributed by atoms with E-state index in [1.54, 1.807) is 0 Å². The standard InChI is InChI=1S/C14H23N3O/c1-10-6-14(18-16-10)9-17-12-4-3-5-13(17)8-11(7-12)15-2/h6,11-13,15H,3-5,7-9H2,1-2H3. The molecule has 0 amide bonds. The van der Waals surface area contributed by atoms with E-state index in [-0.39, 0.29) is 0 Å². The van der Waals surface area contributed by atoms with E-state index in [0.717, 1.165) is 30.1 Å². The molecule has 2 atom stereocenters. The molecular formula is C14H23N3O. The van der Waals surface area contributed by atoms with Crippen LogP contribution in [-0.2, 0) is 6.54 Å². The summed E-state index contributed by atoms with van der Waals surface area (Å²) in [7, 11) is 2.09. The van der Waals surface area contributed by atoms with Crippen LogP contribution in [0.3, 0.4) is 0 Å². The maximum atomic E-state index is 5.38. The second kappa shape index (κ2) is 5.02. The number of nitrogens with zero attached hydrogens (tertiary/aromatic N) is 2. The Balaban J connectivity index is 1.71. The average Bonchev–Trinajstić information content (AvgIpc) is 2.74. The molecule has 1 aromatic heterocycles. The molecule has 0 radical (unpaired) electrons. The molecule has 0 aromatic carbocycles. The lowest BCUT2D eigenvalue weighted by molar-refractivity contribution is 0.0128. The highest BCUT2D eigenvalue weighted by atomic mass is 16.5. The zero-order chi connectivity index (χ0) is 12.5. The first kappa shape index (κ1) is 12.2. The first-order chi connectivity index (χ1) is 8.76. The van der Waals surface area contributed by atoms with Crippen LogP contribution in [0, 0.1) is 6.92 Å². The third kappa shape index (κ3) is 2.31. The third-order valence-corrected chi connectivity index (χ3v) is 4.55. The molecule has 1 N–H and O–H groups in total. The topological polar surface area (TPSA) is 41.3 Å². The molecule has 3 rings (SSSR count). The SMILES string of the molecule is CNC1CC2CCCC(C1)N2Cc1cc(C)no1. The minimum atomic E-state index is 0.702. The van der Waals surface area contributed by atoms with Crippen molar-refractivity contribution in [2.45, 2.75) is 63.7 Å². The first-order valence-corrected chi connectivity index (χ1v) is 7.11. The van der Waals surface area contributed by atoms with Gasteiger partial charge < -0.3 is 9.84 Å². The molecule has 0 aliphatic carbocycles. The van der Waals surface area contributed by atoms with E-state index in [1.807, 2.05) is 6.92 Å². The Labute approximate surface area is 109 Å². The lowest BCUT2D eigenvalue weighted by Crippen LogP contribution is -2.55. The molecule has 2 bridgehead atoms. The normalized spacial score (nSPS) is 32.7. The fraction of sp³-hybridized carbons (Fsp3) is 0.786. The number of piperidine rings is 2. The van der Waals surface area contributed by atoms with Gasteiger partial charge in [-0.2, -0.15) is 0 Å². The number of rotatable bonds is 3. The van der Waals surface area contributed by atoms with Gasteiger partial charge >= 0.3 is 0 Å². The summed E-state index contributed by atoms with van der Waals surface area (Å²) in [6.45, 7) is 2.92. The minimum Gasteiger partial charge on any atom is -0.360 e. The highest BCUT2D eigenvalue weighted by molar-refractivity contribution is 5.05. The largest absolute Gasteiger partial charge is 0.360 e. The molecule has 100 valence electrons. The Bertz CT molecular complexity index is 389. The zero-order valence-electron chi connectivity index (χ0n) is 11.4. The van der Waals surface area contributed by atoms with Crippen LogP contribution < -0.4 is 5.32 Å².